The van der Waals surface area contributed by atoms with Crippen LogP contribution in [0.3, 0.4) is 0 Å². The van der Waals surface area contributed by atoms with Gasteiger partial charge in [-0.3, -0.25) is 14.9 Å². The van der Waals surface area contributed by atoms with E-state index in [-0.39, 0.29) is 16.5 Å². The van der Waals surface area contributed by atoms with Crippen LogP contribution in [0.25, 0.3) is 0 Å². The summed E-state index contributed by atoms with van der Waals surface area (Å²) >= 11 is 2.20. The number of hydrogen-bond donors (Lipinski definition) is 1. The van der Waals surface area contributed by atoms with E-state index in [2.05, 4.69) is 12.2 Å². The number of nitrogens with one attached hydrogen (secondary N) is 1. The number of amides is 1. The van der Waals surface area contributed by atoms with Crippen molar-refractivity contribution >= 4 is 44.6 Å². The third-order valence-corrected chi connectivity index (χ3v) is 6.42. The molecule has 0 spiro atoms. The first-order chi connectivity index (χ1) is 12.4. The number of carbonyl (C=O) groups is 2. The lowest BCUT2D eigenvalue weighted by Gasteiger charge is -2.18. The summed E-state index contributed by atoms with van der Waals surface area (Å²) in [6.45, 7) is 4.15. The molecule has 0 aromatic carbocycles. The summed E-state index contributed by atoms with van der Waals surface area (Å²) < 4.78 is 5.17. The summed E-state index contributed by atoms with van der Waals surface area (Å²) in [7, 11) is 0. The number of fused-ring (bicyclic) bond motifs is 1. The van der Waals surface area contributed by atoms with E-state index < -0.39 is 16.8 Å². The van der Waals surface area contributed by atoms with Crippen LogP contribution < -0.4 is 5.32 Å². The Labute approximate surface area is 158 Å². The predicted molar refractivity (Wildman–Crippen MR) is 100 cm³/mol. The van der Waals surface area contributed by atoms with Gasteiger partial charge < -0.3 is 10.1 Å². The van der Waals surface area contributed by atoms with Gasteiger partial charge in [0.15, 0.2) is 0 Å². The minimum absolute atomic E-state index is 0.0972. The predicted octanol–water partition coefficient (Wildman–Crippen LogP) is 4.27. The second-order valence-electron chi connectivity index (χ2n) is 6.13. The summed E-state index contributed by atoms with van der Waals surface area (Å²) in [5.41, 5.74) is 1.39. The van der Waals surface area contributed by atoms with Crippen molar-refractivity contribution < 1.29 is 19.2 Å². The second kappa shape index (κ2) is 7.55. The van der Waals surface area contributed by atoms with E-state index in [1.54, 1.807) is 6.92 Å². The number of hydrogen-bond acceptors (Lipinski definition) is 7. The van der Waals surface area contributed by atoms with Crippen molar-refractivity contribution in [3.8, 4) is 0 Å². The molecule has 0 bridgehead atoms. The molecule has 3 rings (SSSR count). The van der Waals surface area contributed by atoms with E-state index in [0.29, 0.717) is 16.5 Å². The van der Waals surface area contributed by atoms with Crippen LogP contribution >= 0.6 is 22.7 Å². The van der Waals surface area contributed by atoms with Gasteiger partial charge in [0.1, 0.15) is 5.00 Å². The van der Waals surface area contributed by atoms with Crippen LogP contribution in [0.2, 0.25) is 0 Å². The van der Waals surface area contributed by atoms with E-state index in [1.165, 1.54) is 23.5 Å². The highest BCUT2D eigenvalue weighted by atomic mass is 32.1. The molecular formula is C17H18N2O5S2. The van der Waals surface area contributed by atoms with Crippen LogP contribution in [0.1, 0.15) is 50.7 Å². The van der Waals surface area contributed by atoms with Gasteiger partial charge in [-0.2, -0.15) is 0 Å². The zero-order chi connectivity index (χ0) is 18.8. The van der Waals surface area contributed by atoms with E-state index in [9.17, 15) is 19.7 Å². The molecule has 1 unspecified atom stereocenters. The number of anilines is 1. The standard InChI is InChI=1S/C17H18N2O5S2/c1-3-24-17(21)14-10-5-4-9(2)8-12(10)26-16(14)18-15(20)11-6-7-13(25-11)19(22)23/h6-7,9H,3-5,8H2,1-2H3,(H,18,20). The third kappa shape index (κ3) is 3.63. The molecule has 0 radical (unpaired) electrons. The summed E-state index contributed by atoms with van der Waals surface area (Å²) in [4.78, 5) is 36.5. The zero-order valence-electron chi connectivity index (χ0n) is 14.4. The average molecular weight is 394 g/mol. The summed E-state index contributed by atoms with van der Waals surface area (Å²) in [5, 5.41) is 13.9. The zero-order valence-corrected chi connectivity index (χ0v) is 16.0. The maximum atomic E-state index is 12.5. The Bertz CT molecular complexity index is 871. The lowest BCUT2D eigenvalue weighted by Crippen LogP contribution is -2.16. The van der Waals surface area contributed by atoms with Gasteiger partial charge >= 0.3 is 11.0 Å². The van der Waals surface area contributed by atoms with Gasteiger partial charge in [0.2, 0.25) is 0 Å². The van der Waals surface area contributed by atoms with E-state index in [0.717, 1.165) is 41.0 Å². The minimum Gasteiger partial charge on any atom is -0.462 e. The number of thiophene rings is 2. The van der Waals surface area contributed by atoms with Crippen molar-refractivity contribution in [3.05, 3.63) is 43.1 Å². The fraction of sp³-hybridized carbons (Fsp3) is 0.412. The highest BCUT2D eigenvalue weighted by molar-refractivity contribution is 7.18. The van der Waals surface area contributed by atoms with Gasteiger partial charge in [-0.25, -0.2) is 4.79 Å². The minimum atomic E-state index is -0.531. The molecule has 9 heteroatoms. The lowest BCUT2D eigenvalue weighted by atomic mass is 9.88. The SMILES string of the molecule is CCOC(=O)c1c(NC(=O)c2ccc([N+](=O)[O-])s2)sc2c1CCC(C)C2. The first-order valence-electron chi connectivity index (χ1n) is 8.28. The first kappa shape index (κ1) is 18.5. The maximum Gasteiger partial charge on any atom is 0.341 e. The highest BCUT2D eigenvalue weighted by Crippen LogP contribution is 2.40. The van der Waals surface area contributed by atoms with Crippen LogP contribution in [0.15, 0.2) is 12.1 Å². The van der Waals surface area contributed by atoms with Gasteiger partial charge in [-0.05, 0) is 43.7 Å². The molecule has 26 heavy (non-hydrogen) atoms. The quantitative estimate of drug-likeness (QED) is 0.464. The Morgan fingerprint density at radius 2 is 2.15 bits per heavy atom. The van der Waals surface area contributed by atoms with Crippen molar-refractivity contribution in [1.29, 1.82) is 0 Å². The largest absolute Gasteiger partial charge is 0.462 e. The van der Waals surface area contributed by atoms with Gasteiger partial charge in [0.05, 0.1) is 22.0 Å². The van der Waals surface area contributed by atoms with Crippen LogP contribution in [-0.2, 0) is 17.6 Å². The van der Waals surface area contributed by atoms with Crippen molar-refractivity contribution in [3.63, 3.8) is 0 Å². The lowest BCUT2D eigenvalue weighted by molar-refractivity contribution is -0.380. The molecule has 138 valence electrons. The maximum absolute atomic E-state index is 12.5. The number of carbonyl (C=O) groups excluding carboxylic acids is 2. The van der Waals surface area contributed by atoms with E-state index in [4.69, 9.17) is 4.74 Å². The molecule has 0 saturated carbocycles. The van der Waals surface area contributed by atoms with Gasteiger partial charge in [-0.1, -0.05) is 18.3 Å². The molecule has 0 fully saturated rings. The van der Waals surface area contributed by atoms with Crippen molar-refractivity contribution in [2.45, 2.75) is 33.1 Å². The van der Waals surface area contributed by atoms with Crippen LogP contribution in [0, 0.1) is 16.0 Å². The van der Waals surface area contributed by atoms with Crippen molar-refractivity contribution in [1.82, 2.24) is 0 Å². The molecule has 2 aromatic heterocycles. The Balaban J connectivity index is 1.91. The Morgan fingerprint density at radius 1 is 1.38 bits per heavy atom. The molecule has 1 amide bonds. The molecule has 2 heterocycles. The second-order valence-corrected chi connectivity index (χ2v) is 8.29. The smallest absolute Gasteiger partial charge is 0.341 e. The first-order valence-corrected chi connectivity index (χ1v) is 9.91. The van der Waals surface area contributed by atoms with Crippen molar-refractivity contribution in [2.24, 2.45) is 5.92 Å². The number of esters is 1. The summed E-state index contributed by atoms with van der Waals surface area (Å²) in [6, 6.07) is 2.71. The fourth-order valence-electron chi connectivity index (χ4n) is 2.97. The molecule has 1 N–H and O–H groups in total. The highest BCUT2D eigenvalue weighted by Gasteiger charge is 2.29. The topological polar surface area (TPSA) is 98.5 Å². The van der Waals surface area contributed by atoms with Gasteiger partial charge in [0.25, 0.3) is 5.91 Å². The molecule has 1 aliphatic carbocycles. The third-order valence-electron chi connectivity index (χ3n) is 4.21. The Hall–Kier alpha value is -2.26. The Kier molecular flexibility index (Phi) is 5.38. The summed E-state index contributed by atoms with van der Waals surface area (Å²) in [6.07, 6.45) is 2.63. The number of rotatable bonds is 5. The van der Waals surface area contributed by atoms with Crippen molar-refractivity contribution in [2.75, 3.05) is 11.9 Å². The monoisotopic (exact) mass is 394 g/mol. The van der Waals surface area contributed by atoms with E-state index in [1.807, 2.05) is 0 Å². The fourth-order valence-corrected chi connectivity index (χ4v) is 5.08. The normalized spacial score (nSPS) is 16.0. The van der Waals surface area contributed by atoms with Crippen LogP contribution in [0.4, 0.5) is 10.0 Å². The number of nitro groups is 1. The molecule has 0 saturated heterocycles. The molecule has 0 aliphatic heterocycles. The summed E-state index contributed by atoms with van der Waals surface area (Å²) in [5.74, 6) is -0.369. The number of nitrogens with zero attached hydrogens (tertiary/aromatic N) is 1. The molecular weight excluding hydrogens is 376 g/mol. The van der Waals surface area contributed by atoms with E-state index >= 15 is 0 Å². The van der Waals surface area contributed by atoms with Gasteiger partial charge in [0, 0.05) is 10.9 Å². The molecule has 7 nitrogen and oxygen atoms in total. The number of ether oxygens (including phenoxy) is 1. The van der Waals surface area contributed by atoms with Crippen LogP contribution in [0.5, 0.6) is 0 Å². The van der Waals surface area contributed by atoms with Gasteiger partial charge in [-0.15, -0.1) is 11.3 Å². The van der Waals surface area contributed by atoms with Crippen LogP contribution in [-0.4, -0.2) is 23.4 Å². The Morgan fingerprint density at radius 3 is 2.81 bits per heavy atom. The molecule has 1 aliphatic rings. The molecule has 2 aromatic rings. The molecule has 1 atom stereocenters. The average Bonchev–Trinajstić information content (AvgIpc) is 3.19.